The first-order valence-corrected chi connectivity index (χ1v) is 9.93. The SMILES string of the molecule is CSCCC(=O)N1CCC2(CCN(CC(C)C)CC2)CC1. The Morgan fingerprint density at radius 2 is 1.67 bits per heavy atom. The van der Waals surface area contributed by atoms with E-state index in [1.807, 2.05) is 0 Å². The van der Waals surface area contributed by atoms with Gasteiger partial charge in [-0.2, -0.15) is 11.8 Å². The predicted octanol–water partition coefficient (Wildman–Crippen LogP) is 3.10. The van der Waals surface area contributed by atoms with Crippen LogP contribution in [0, 0.1) is 11.3 Å². The van der Waals surface area contributed by atoms with Crippen molar-refractivity contribution in [3.63, 3.8) is 0 Å². The van der Waals surface area contributed by atoms with Gasteiger partial charge in [-0.15, -0.1) is 0 Å². The quantitative estimate of drug-likeness (QED) is 0.779. The molecule has 1 amide bonds. The summed E-state index contributed by atoms with van der Waals surface area (Å²) in [6.07, 6.45) is 7.93. The lowest BCUT2D eigenvalue weighted by Gasteiger charge is -2.47. The summed E-state index contributed by atoms with van der Waals surface area (Å²) in [6.45, 7) is 10.4. The summed E-state index contributed by atoms with van der Waals surface area (Å²) in [5.74, 6) is 2.11. The van der Waals surface area contributed by atoms with Crippen LogP contribution in [0.3, 0.4) is 0 Å². The second-order valence-electron chi connectivity index (χ2n) is 7.32. The maximum absolute atomic E-state index is 12.1. The number of thioether (sulfide) groups is 1. The number of amides is 1. The standard InChI is InChI=1S/C17H32N2OS/c1-15(2)14-18-9-5-17(6-10-18)7-11-19(12-8-17)16(20)4-13-21-3/h15H,4-14H2,1-3H3. The van der Waals surface area contributed by atoms with Gasteiger partial charge in [0, 0.05) is 31.8 Å². The monoisotopic (exact) mass is 312 g/mol. The number of hydrogen-bond donors (Lipinski definition) is 0. The molecule has 122 valence electrons. The van der Waals surface area contributed by atoms with Crippen LogP contribution in [0.1, 0.15) is 46.0 Å². The Labute approximate surface area is 134 Å². The van der Waals surface area contributed by atoms with Gasteiger partial charge < -0.3 is 9.80 Å². The molecule has 2 saturated heterocycles. The number of carbonyl (C=O) groups is 1. The Hall–Kier alpha value is -0.220. The molecular formula is C17H32N2OS. The average Bonchev–Trinajstić information content (AvgIpc) is 2.48. The van der Waals surface area contributed by atoms with E-state index in [2.05, 4.69) is 29.9 Å². The molecule has 0 aromatic heterocycles. The Bertz CT molecular complexity index is 328. The second-order valence-corrected chi connectivity index (χ2v) is 8.30. The lowest BCUT2D eigenvalue weighted by Crippen LogP contribution is -2.48. The highest BCUT2D eigenvalue weighted by atomic mass is 32.2. The zero-order valence-corrected chi connectivity index (χ0v) is 14.9. The van der Waals surface area contributed by atoms with E-state index < -0.39 is 0 Å². The highest BCUT2D eigenvalue weighted by molar-refractivity contribution is 7.98. The molecule has 0 atom stereocenters. The van der Waals surface area contributed by atoms with Crippen LogP contribution in [0.2, 0.25) is 0 Å². The maximum Gasteiger partial charge on any atom is 0.223 e. The average molecular weight is 313 g/mol. The molecular weight excluding hydrogens is 280 g/mol. The molecule has 0 N–H and O–H groups in total. The minimum Gasteiger partial charge on any atom is -0.343 e. The third kappa shape index (κ3) is 4.88. The fourth-order valence-corrected chi connectivity index (χ4v) is 4.18. The summed E-state index contributed by atoms with van der Waals surface area (Å²) < 4.78 is 0. The van der Waals surface area contributed by atoms with Gasteiger partial charge in [0.15, 0.2) is 0 Å². The van der Waals surface area contributed by atoms with Crippen LogP contribution in [0.5, 0.6) is 0 Å². The number of likely N-dealkylation sites (tertiary alicyclic amines) is 2. The van der Waals surface area contributed by atoms with E-state index in [0.29, 0.717) is 11.3 Å². The van der Waals surface area contributed by atoms with Gasteiger partial charge >= 0.3 is 0 Å². The van der Waals surface area contributed by atoms with Crippen LogP contribution in [0.4, 0.5) is 0 Å². The van der Waals surface area contributed by atoms with Crippen molar-refractivity contribution in [3.05, 3.63) is 0 Å². The van der Waals surface area contributed by atoms with Gasteiger partial charge in [-0.1, -0.05) is 13.8 Å². The second kappa shape index (κ2) is 7.87. The van der Waals surface area contributed by atoms with E-state index in [1.165, 1.54) is 45.3 Å². The fraction of sp³-hybridized carbons (Fsp3) is 0.941. The van der Waals surface area contributed by atoms with E-state index in [4.69, 9.17) is 0 Å². The Morgan fingerprint density at radius 3 is 2.19 bits per heavy atom. The van der Waals surface area contributed by atoms with Crippen molar-refractivity contribution in [3.8, 4) is 0 Å². The minimum atomic E-state index is 0.372. The van der Waals surface area contributed by atoms with E-state index in [9.17, 15) is 4.79 Å². The zero-order chi connectivity index (χ0) is 15.3. The van der Waals surface area contributed by atoms with Crippen LogP contribution in [-0.4, -0.2) is 60.4 Å². The van der Waals surface area contributed by atoms with Crippen LogP contribution in [0.15, 0.2) is 0 Å². The van der Waals surface area contributed by atoms with Gasteiger partial charge in [0.05, 0.1) is 0 Å². The number of carbonyl (C=O) groups excluding carboxylic acids is 1. The largest absolute Gasteiger partial charge is 0.343 e. The molecule has 2 heterocycles. The third-order valence-corrected chi connectivity index (χ3v) is 5.85. The normalized spacial score (nSPS) is 23.0. The van der Waals surface area contributed by atoms with Gasteiger partial charge in [-0.3, -0.25) is 4.79 Å². The Morgan fingerprint density at radius 1 is 1.10 bits per heavy atom. The highest BCUT2D eigenvalue weighted by Gasteiger charge is 2.38. The van der Waals surface area contributed by atoms with Crippen LogP contribution in [-0.2, 0) is 4.79 Å². The predicted molar refractivity (Wildman–Crippen MR) is 91.8 cm³/mol. The van der Waals surface area contributed by atoms with Crippen LogP contribution < -0.4 is 0 Å². The van der Waals surface area contributed by atoms with Crippen LogP contribution >= 0.6 is 11.8 Å². The van der Waals surface area contributed by atoms with Crippen molar-refractivity contribution in [1.82, 2.24) is 9.80 Å². The molecule has 1 spiro atoms. The summed E-state index contributed by atoms with van der Waals surface area (Å²) in [5.41, 5.74) is 0.545. The van der Waals surface area contributed by atoms with Crippen molar-refractivity contribution in [2.45, 2.75) is 46.0 Å². The summed E-state index contributed by atoms with van der Waals surface area (Å²) in [6, 6.07) is 0. The summed E-state index contributed by atoms with van der Waals surface area (Å²) in [4.78, 5) is 16.8. The molecule has 2 aliphatic heterocycles. The number of piperidine rings is 2. The van der Waals surface area contributed by atoms with Crippen molar-refractivity contribution in [2.24, 2.45) is 11.3 Å². The number of nitrogens with zero attached hydrogens (tertiary/aromatic N) is 2. The smallest absolute Gasteiger partial charge is 0.223 e. The van der Waals surface area contributed by atoms with Gasteiger partial charge in [0.1, 0.15) is 0 Å². The van der Waals surface area contributed by atoms with Crippen molar-refractivity contribution < 1.29 is 4.79 Å². The number of hydrogen-bond acceptors (Lipinski definition) is 3. The lowest BCUT2D eigenvalue weighted by atomic mass is 9.71. The summed E-state index contributed by atoms with van der Waals surface area (Å²) in [7, 11) is 0. The van der Waals surface area contributed by atoms with Gasteiger partial charge in [0.2, 0.25) is 5.91 Å². The fourth-order valence-electron chi connectivity index (χ4n) is 3.80. The zero-order valence-electron chi connectivity index (χ0n) is 14.1. The molecule has 0 aliphatic carbocycles. The molecule has 0 radical (unpaired) electrons. The summed E-state index contributed by atoms with van der Waals surface area (Å²) >= 11 is 1.77. The first-order valence-electron chi connectivity index (χ1n) is 8.54. The molecule has 0 aromatic carbocycles. The topological polar surface area (TPSA) is 23.6 Å². The maximum atomic E-state index is 12.1. The lowest BCUT2D eigenvalue weighted by molar-refractivity contribution is -0.133. The first kappa shape index (κ1) is 17.1. The Kier molecular flexibility index (Phi) is 6.42. The molecule has 2 fully saturated rings. The van der Waals surface area contributed by atoms with E-state index in [-0.39, 0.29) is 0 Å². The summed E-state index contributed by atoms with van der Waals surface area (Å²) in [5, 5.41) is 0. The van der Waals surface area contributed by atoms with Gasteiger partial charge in [0.25, 0.3) is 0 Å². The van der Waals surface area contributed by atoms with Crippen molar-refractivity contribution in [2.75, 3.05) is 44.7 Å². The highest BCUT2D eigenvalue weighted by Crippen LogP contribution is 2.41. The molecule has 3 nitrogen and oxygen atoms in total. The molecule has 2 rings (SSSR count). The van der Waals surface area contributed by atoms with Crippen molar-refractivity contribution in [1.29, 1.82) is 0 Å². The molecule has 21 heavy (non-hydrogen) atoms. The molecule has 4 heteroatoms. The van der Waals surface area contributed by atoms with Gasteiger partial charge in [-0.05, 0) is 56.4 Å². The van der Waals surface area contributed by atoms with Crippen molar-refractivity contribution >= 4 is 17.7 Å². The molecule has 0 aromatic rings. The first-order chi connectivity index (χ1) is 10.0. The molecule has 0 bridgehead atoms. The van der Waals surface area contributed by atoms with E-state index in [1.54, 1.807) is 11.8 Å². The third-order valence-electron chi connectivity index (χ3n) is 5.24. The van der Waals surface area contributed by atoms with Gasteiger partial charge in [-0.25, -0.2) is 0 Å². The molecule has 0 unspecified atom stereocenters. The molecule has 0 saturated carbocycles. The minimum absolute atomic E-state index is 0.372. The van der Waals surface area contributed by atoms with Crippen LogP contribution in [0.25, 0.3) is 0 Å². The molecule has 2 aliphatic rings. The number of rotatable bonds is 5. The van der Waals surface area contributed by atoms with E-state index in [0.717, 1.165) is 31.2 Å². The van der Waals surface area contributed by atoms with E-state index >= 15 is 0 Å². The Balaban J connectivity index is 1.75.